The second-order valence-electron chi connectivity index (χ2n) is 8.15. The number of fused-ring (bicyclic) bond motifs is 1. The Hall–Kier alpha value is -3.65. The Balaban J connectivity index is 1.85. The first-order valence-corrected chi connectivity index (χ1v) is 10.3. The summed E-state index contributed by atoms with van der Waals surface area (Å²) >= 11 is 0. The zero-order chi connectivity index (χ0) is 20.3. The summed E-state index contributed by atoms with van der Waals surface area (Å²) in [6.45, 7) is 0. The zero-order valence-corrected chi connectivity index (χ0v) is 16.7. The number of nitrogens with zero attached hydrogens (tertiary/aromatic N) is 1. The van der Waals surface area contributed by atoms with Gasteiger partial charge in [-0.05, 0) is 33.4 Å². The molecule has 0 spiro atoms. The highest BCUT2D eigenvalue weighted by atomic mass is 16.2. The van der Waals surface area contributed by atoms with E-state index < -0.39 is 11.0 Å². The summed E-state index contributed by atoms with van der Waals surface area (Å²) in [7, 11) is 1.96. The van der Waals surface area contributed by atoms with Gasteiger partial charge in [0.25, 0.3) is 0 Å². The Morgan fingerprint density at radius 2 is 0.933 bits per heavy atom. The van der Waals surface area contributed by atoms with E-state index in [0.717, 1.165) is 22.3 Å². The molecule has 0 fully saturated rings. The van der Waals surface area contributed by atoms with Crippen LogP contribution in [0.25, 0.3) is 0 Å². The van der Waals surface area contributed by atoms with E-state index in [9.17, 15) is 4.79 Å². The smallest absolute Gasteiger partial charge is 0.243 e. The quantitative estimate of drug-likeness (QED) is 0.469. The highest BCUT2D eigenvalue weighted by Crippen LogP contribution is 2.61. The lowest BCUT2D eigenvalue weighted by Crippen LogP contribution is -2.66. The Morgan fingerprint density at radius 1 is 0.533 bits per heavy atom. The monoisotopic (exact) mass is 387 g/mol. The first kappa shape index (κ1) is 17.2. The Labute approximate surface area is 176 Å². The van der Waals surface area contributed by atoms with Crippen LogP contribution in [0, 0.1) is 0 Å². The van der Waals surface area contributed by atoms with Gasteiger partial charge in [-0.15, -0.1) is 0 Å². The van der Waals surface area contributed by atoms with Gasteiger partial charge in [-0.25, -0.2) is 0 Å². The van der Waals surface area contributed by atoms with Gasteiger partial charge in [-0.3, -0.25) is 4.79 Å². The lowest BCUT2D eigenvalue weighted by atomic mass is 9.52. The van der Waals surface area contributed by atoms with Gasteiger partial charge in [0.2, 0.25) is 5.91 Å². The molecule has 0 atom stereocenters. The molecule has 0 saturated carbocycles. The largest absolute Gasteiger partial charge is 0.326 e. The first-order valence-electron chi connectivity index (χ1n) is 10.3. The molecular weight excluding hydrogens is 366 g/mol. The van der Waals surface area contributed by atoms with Gasteiger partial charge in [0.05, 0.1) is 0 Å². The summed E-state index contributed by atoms with van der Waals surface area (Å²) in [5.41, 5.74) is 5.19. The normalized spacial score (nSPS) is 23.8. The molecule has 4 aromatic carbocycles. The maximum atomic E-state index is 14.3. The number of carbonyl (C=O) groups excluding carboxylic acids is 1. The molecule has 0 aromatic heterocycles. The molecule has 1 amide bonds. The van der Waals surface area contributed by atoms with Crippen molar-refractivity contribution in [1.82, 2.24) is 4.90 Å². The van der Waals surface area contributed by atoms with Gasteiger partial charge in [0, 0.05) is 7.05 Å². The van der Waals surface area contributed by atoms with Crippen LogP contribution in [0.5, 0.6) is 0 Å². The maximum absolute atomic E-state index is 14.3. The number of amides is 1. The molecule has 7 rings (SSSR count). The molecule has 144 valence electrons. The van der Waals surface area contributed by atoms with Gasteiger partial charge in [0.15, 0.2) is 0 Å². The average molecular weight is 387 g/mol. The van der Waals surface area contributed by atoms with Crippen LogP contribution in [0.15, 0.2) is 109 Å². The molecule has 2 heterocycles. The number of hydrogen-bond acceptors (Lipinski definition) is 1. The maximum Gasteiger partial charge on any atom is 0.243 e. The van der Waals surface area contributed by atoms with E-state index in [2.05, 4.69) is 84.9 Å². The minimum Gasteiger partial charge on any atom is -0.326 e. The van der Waals surface area contributed by atoms with E-state index >= 15 is 0 Å². The minimum absolute atomic E-state index is 0.120. The molecule has 3 aliphatic rings. The van der Waals surface area contributed by atoms with Crippen LogP contribution in [0.4, 0.5) is 0 Å². The fourth-order valence-electron chi connectivity index (χ4n) is 5.84. The third kappa shape index (κ3) is 1.78. The van der Waals surface area contributed by atoms with E-state index in [1.54, 1.807) is 0 Å². The Morgan fingerprint density at radius 3 is 1.43 bits per heavy atom. The lowest BCUT2D eigenvalue weighted by Gasteiger charge is -2.59. The fraction of sp³-hybridized carbons (Fsp3) is 0.107. The molecule has 0 unspecified atom stereocenters. The van der Waals surface area contributed by atoms with Crippen molar-refractivity contribution in [3.8, 4) is 0 Å². The summed E-state index contributed by atoms with van der Waals surface area (Å²) in [5, 5.41) is 0. The number of likely N-dealkylation sites (N-methyl/N-ethyl adjacent to an activating group) is 1. The number of rotatable bonds is 2. The van der Waals surface area contributed by atoms with E-state index in [-0.39, 0.29) is 5.91 Å². The van der Waals surface area contributed by atoms with Crippen LogP contribution in [-0.4, -0.2) is 17.9 Å². The van der Waals surface area contributed by atoms with E-state index in [0.29, 0.717) is 0 Å². The number of hydrogen-bond donors (Lipinski definition) is 0. The van der Waals surface area contributed by atoms with Crippen LogP contribution in [0.1, 0.15) is 33.4 Å². The van der Waals surface area contributed by atoms with Crippen LogP contribution >= 0.6 is 0 Å². The third-order valence-electron chi connectivity index (χ3n) is 6.97. The molecule has 30 heavy (non-hydrogen) atoms. The molecule has 2 heteroatoms. The van der Waals surface area contributed by atoms with E-state index in [4.69, 9.17) is 0 Å². The van der Waals surface area contributed by atoms with Crippen molar-refractivity contribution in [3.05, 3.63) is 143 Å². The van der Waals surface area contributed by atoms with Gasteiger partial charge < -0.3 is 4.90 Å². The summed E-state index contributed by atoms with van der Waals surface area (Å²) in [5.74, 6) is 0.120. The first-order chi connectivity index (χ1) is 14.7. The third-order valence-corrected chi connectivity index (χ3v) is 6.97. The van der Waals surface area contributed by atoms with E-state index in [1.807, 2.05) is 36.2 Å². The van der Waals surface area contributed by atoms with Crippen molar-refractivity contribution in [3.63, 3.8) is 0 Å². The Kier molecular flexibility index (Phi) is 3.41. The van der Waals surface area contributed by atoms with Crippen molar-refractivity contribution in [2.24, 2.45) is 0 Å². The predicted octanol–water partition coefficient (Wildman–Crippen LogP) is 5.10. The molecule has 0 radical (unpaired) electrons. The van der Waals surface area contributed by atoms with Gasteiger partial charge in [-0.1, -0.05) is 109 Å². The SMILES string of the molecule is CN1C(=O)C2(c3ccccc3)c3ccccc3C1(c1ccccc1)c1ccccc12. The van der Waals surface area contributed by atoms with Crippen LogP contribution < -0.4 is 0 Å². The number of carbonyl (C=O) groups is 1. The fourth-order valence-corrected chi connectivity index (χ4v) is 5.84. The van der Waals surface area contributed by atoms with Crippen molar-refractivity contribution in [1.29, 1.82) is 0 Å². The average Bonchev–Trinajstić information content (AvgIpc) is 2.82. The summed E-state index contributed by atoms with van der Waals surface area (Å²) < 4.78 is 0. The topological polar surface area (TPSA) is 20.3 Å². The lowest BCUT2D eigenvalue weighted by molar-refractivity contribution is -0.140. The Bertz CT molecular complexity index is 1230. The molecule has 4 aromatic rings. The van der Waals surface area contributed by atoms with Crippen molar-refractivity contribution in [2.75, 3.05) is 7.05 Å². The molecule has 2 aliphatic heterocycles. The molecule has 2 nitrogen and oxygen atoms in total. The van der Waals surface area contributed by atoms with Gasteiger partial charge in [0.1, 0.15) is 11.0 Å². The summed E-state index contributed by atoms with van der Waals surface area (Å²) in [6.07, 6.45) is 0. The van der Waals surface area contributed by atoms with Crippen molar-refractivity contribution in [2.45, 2.75) is 11.0 Å². The number of benzene rings is 4. The molecule has 0 saturated heterocycles. The molecular formula is C28H21NO. The summed E-state index contributed by atoms with van der Waals surface area (Å²) in [6, 6.07) is 37.6. The second-order valence-corrected chi connectivity index (χ2v) is 8.15. The highest BCUT2D eigenvalue weighted by Gasteiger charge is 2.64. The minimum atomic E-state index is -0.834. The molecule has 1 aliphatic carbocycles. The zero-order valence-electron chi connectivity index (χ0n) is 16.7. The highest BCUT2D eigenvalue weighted by molar-refractivity contribution is 6.03. The predicted molar refractivity (Wildman–Crippen MR) is 118 cm³/mol. The van der Waals surface area contributed by atoms with Gasteiger partial charge >= 0.3 is 0 Å². The van der Waals surface area contributed by atoms with Crippen LogP contribution in [0.3, 0.4) is 0 Å². The van der Waals surface area contributed by atoms with Crippen molar-refractivity contribution < 1.29 is 4.79 Å². The molecule has 0 N–H and O–H groups in total. The van der Waals surface area contributed by atoms with E-state index in [1.165, 1.54) is 11.1 Å². The standard InChI is InChI=1S/C28H21NO/c1-29-26(30)27(20-12-4-2-5-13-20)22-16-8-10-18-24(22)28(29,21-14-6-3-7-15-21)25-19-11-9-17-23(25)27/h2-19H,1H3. The van der Waals surface area contributed by atoms with Crippen molar-refractivity contribution >= 4 is 5.91 Å². The second kappa shape index (κ2) is 5.93. The van der Waals surface area contributed by atoms with Gasteiger partial charge in [-0.2, -0.15) is 0 Å². The van der Waals surface area contributed by atoms with Crippen LogP contribution in [0.2, 0.25) is 0 Å². The molecule has 2 bridgehead atoms. The van der Waals surface area contributed by atoms with Crippen LogP contribution in [-0.2, 0) is 15.7 Å². The summed E-state index contributed by atoms with van der Waals surface area (Å²) in [4.78, 5) is 16.3.